The number of hydrogen-bond acceptors (Lipinski definition) is 5. The predicted octanol–water partition coefficient (Wildman–Crippen LogP) is 3.09. The van der Waals surface area contributed by atoms with E-state index in [1.165, 1.54) is 0 Å². The van der Waals surface area contributed by atoms with Gasteiger partial charge in [-0.2, -0.15) is 0 Å². The predicted molar refractivity (Wildman–Crippen MR) is 92.4 cm³/mol. The van der Waals surface area contributed by atoms with Gasteiger partial charge in [0.15, 0.2) is 0 Å². The number of aryl methyl sites for hydroxylation is 1. The summed E-state index contributed by atoms with van der Waals surface area (Å²) in [4.78, 5) is 17.2. The summed E-state index contributed by atoms with van der Waals surface area (Å²) in [6, 6.07) is 3.58. The summed E-state index contributed by atoms with van der Waals surface area (Å²) in [5.41, 5.74) is 0.689. The number of ether oxygens (including phenoxy) is 3. The van der Waals surface area contributed by atoms with Crippen LogP contribution in [-0.2, 0) is 14.3 Å². The van der Waals surface area contributed by atoms with Gasteiger partial charge < -0.3 is 19.5 Å². The van der Waals surface area contributed by atoms with Crippen LogP contribution in [0.2, 0.25) is 0 Å². The first-order valence-corrected chi connectivity index (χ1v) is 8.57. The Morgan fingerprint density at radius 2 is 1.88 bits per heavy atom. The molecule has 6 nitrogen and oxygen atoms in total. The Labute approximate surface area is 143 Å². The monoisotopic (exact) mass is 336 g/mol. The van der Waals surface area contributed by atoms with Crippen molar-refractivity contribution in [3.05, 3.63) is 17.8 Å². The number of rotatable bonds is 7. The highest BCUT2D eigenvalue weighted by Gasteiger charge is 2.38. The number of carbonyl (C=O) groups is 1. The van der Waals surface area contributed by atoms with Crippen LogP contribution in [0.15, 0.2) is 12.1 Å². The largest absolute Gasteiger partial charge is 0.475 e. The highest BCUT2D eigenvalue weighted by molar-refractivity contribution is 5.97. The van der Waals surface area contributed by atoms with Crippen molar-refractivity contribution in [2.75, 3.05) is 32.8 Å². The van der Waals surface area contributed by atoms with E-state index in [0.717, 1.165) is 44.2 Å². The minimum Gasteiger partial charge on any atom is -0.475 e. The third-order valence-corrected chi connectivity index (χ3v) is 4.56. The first-order chi connectivity index (χ1) is 11.6. The molecule has 0 bridgehead atoms. The van der Waals surface area contributed by atoms with E-state index in [1.807, 2.05) is 13.0 Å². The van der Waals surface area contributed by atoms with Crippen molar-refractivity contribution < 1.29 is 19.0 Å². The van der Waals surface area contributed by atoms with Crippen LogP contribution in [0.1, 0.15) is 44.2 Å². The summed E-state index contributed by atoms with van der Waals surface area (Å²) in [5.74, 6) is 0.448. The molecule has 1 amide bonds. The molecule has 1 aromatic rings. The van der Waals surface area contributed by atoms with Gasteiger partial charge >= 0.3 is 0 Å². The lowest BCUT2D eigenvalue weighted by Gasteiger charge is -2.30. The molecule has 134 valence electrons. The van der Waals surface area contributed by atoms with Crippen LogP contribution in [-0.4, -0.2) is 43.9 Å². The number of nitrogens with one attached hydrogen (secondary N) is 1. The minimum atomic E-state index is -0.726. The van der Waals surface area contributed by atoms with Gasteiger partial charge in [0.1, 0.15) is 12.2 Å². The fourth-order valence-corrected chi connectivity index (χ4v) is 3.04. The summed E-state index contributed by atoms with van der Waals surface area (Å²) in [6.07, 6.45) is 5.88. The highest BCUT2D eigenvalue weighted by atomic mass is 16.5. The van der Waals surface area contributed by atoms with E-state index in [4.69, 9.17) is 14.2 Å². The van der Waals surface area contributed by atoms with Crippen molar-refractivity contribution in [1.29, 1.82) is 0 Å². The molecule has 1 aromatic heterocycles. The Balaban J connectivity index is 2.04. The van der Waals surface area contributed by atoms with Gasteiger partial charge in [-0.25, -0.2) is 4.98 Å². The Bertz CT molecular complexity index is 540. The molecule has 6 heteroatoms. The Morgan fingerprint density at radius 1 is 1.17 bits per heavy atom. The molecule has 2 rings (SSSR count). The number of amides is 1. The zero-order valence-electron chi connectivity index (χ0n) is 14.9. The molecular formula is C18H28N2O4. The van der Waals surface area contributed by atoms with E-state index >= 15 is 0 Å². The number of carbonyl (C=O) groups excluding carboxylic acids is 1. The Morgan fingerprint density at radius 3 is 2.46 bits per heavy atom. The van der Waals surface area contributed by atoms with Crippen molar-refractivity contribution in [2.24, 2.45) is 0 Å². The zero-order valence-corrected chi connectivity index (χ0v) is 14.9. The van der Waals surface area contributed by atoms with Gasteiger partial charge in [-0.05, 0) is 25.8 Å². The lowest BCUT2D eigenvalue weighted by molar-refractivity contribution is -0.139. The summed E-state index contributed by atoms with van der Waals surface area (Å²) in [5, 5.41) is 2.99. The van der Waals surface area contributed by atoms with Gasteiger partial charge in [-0.3, -0.25) is 4.79 Å². The average molecular weight is 336 g/mol. The van der Waals surface area contributed by atoms with Crippen molar-refractivity contribution in [3.63, 3.8) is 0 Å². The molecule has 0 atom stereocenters. The lowest BCUT2D eigenvalue weighted by atomic mass is 9.93. The summed E-state index contributed by atoms with van der Waals surface area (Å²) >= 11 is 0. The maximum atomic E-state index is 12.8. The van der Waals surface area contributed by atoms with Crippen molar-refractivity contribution in [2.45, 2.75) is 51.0 Å². The smallest absolute Gasteiger partial charge is 0.256 e. The Kier molecular flexibility index (Phi) is 6.99. The number of hydrogen-bond donors (Lipinski definition) is 1. The number of aromatic nitrogens is 1. The molecular weight excluding hydrogens is 308 g/mol. The van der Waals surface area contributed by atoms with Crippen molar-refractivity contribution in [1.82, 2.24) is 4.98 Å². The number of anilines is 1. The second-order valence-corrected chi connectivity index (χ2v) is 6.19. The van der Waals surface area contributed by atoms with Gasteiger partial charge in [0.25, 0.3) is 5.91 Å². The molecule has 0 saturated heterocycles. The van der Waals surface area contributed by atoms with E-state index in [1.54, 1.807) is 20.3 Å². The average Bonchev–Trinajstić information content (AvgIpc) is 2.84. The van der Waals surface area contributed by atoms with Crippen LogP contribution in [0.5, 0.6) is 5.88 Å². The van der Waals surface area contributed by atoms with Gasteiger partial charge in [-0.15, -0.1) is 0 Å². The summed E-state index contributed by atoms with van der Waals surface area (Å²) in [7, 11) is 3.25. The van der Waals surface area contributed by atoms with E-state index in [-0.39, 0.29) is 5.91 Å². The van der Waals surface area contributed by atoms with E-state index < -0.39 is 5.60 Å². The lowest BCUT2D eigenvalue weighted by Crippen LogP contribution is -2.44. The molecule has 24 heavy (non-hydrogen) atoms. The van der Waals surface area contributed by atoms with Crippen LogP contribution in [0.3, 0.4) is 0 Å². The normalized spacial score (nSPS) is 17.1. The standard InChI is InChI=1S/C18H28N2O4/c1-14-15(8-9-16(19-14)24-13-12-22-2)20-17(21)18(23-3)10-6-4-5-7-11-18/h8-9H,4-7,10-13H2,1-3H3,(H,20,21). The Hall–Kier alpha value is -1.66. The molecule has 1 aliphatic rings. The van der Waals surface area contributed by atoms with Crippen LogP contribution >= 0.6 is 0 Å². The van der Waals surface area contributed by atoms with Crippen molar-refractivity contribution in [3.8, 4) is 5.88 Å². The van der Waals surface area contributed by atoms with Crippen molar-refractivity contribution >= 4 is 11.6 Å². The third-order valence-electron chi connectivity index (χ3n) is 4.56. The highest BCUT2D eigenvalue weighted by Crippen LogP contribution is 2.31. The summed E-state index contributed by atoms with van der Waals surface area (Å²) in [6.45, 7) is 2.81. The third kappa shape index (κ3) is 4.68. The van der Waals surface area contributed by atoms with Gasteiger partial charge in [-0.1, -0.05) is 25.7 Å². The molecule has 0 unspecified atom stereocenters. The van der Waals surface area contributed by atoms with Crippen LogP contribution < -0.4 is 10.1 Å². The maximum Gasteiger partial charge on any atom is 0.256 e. The van der Waals surface area contributed by atoms with Gasteiger partial charge in [0, 0.05) is 20.3 Å². The van der Waals surface area contributed by atoms with E-state index in [9.17, 15) is 4.79 Å². The maximum absolute atomic E-state index is 12.8. The molecule has 0 spiro atoms. The molecule has 0 aliphatic heterocycles. The van der Waals surface area contributed by atoms with Gasteiger partial charge in [0.2, 0.25) is 5.88 Å². The zero-order chi connectivity index (χ0) is 17.4. The number of nitrogens with zero attached hydrogens (tertiary/aromatic N) is 1. The fourth-order valence-electron chi connectivity index (χ4n) is 3.04. The number of pyridine rings is 1. The van der Waals surface area contributed by atoms with Crippen LogP contribution in [0.25, 0.3) is 0 Å². The van der Waals surface area contributed by atoms with Crippen LogP contribution in [0.4, 0.5) is 5.69 Å². The van der Waals surface area contributed by atoms with Crippen LogP contribution in [0, 0.1) is 6.92 Å². The first-order valence-electron chi connectivity index (χ1n) is 8.57. The second kappa shape index (κ2) is 8.99. The molecule has 1 heterocycles. The quantitative estimate of drug-likeness (QED) is 0.612. The molecule has 0 aromatic carbocycles. The SMILES string of the molecule is COCCOc1ccc(NC(=O)C2(OC)CCCCCC2)c(C)n1. The van der Waals surface area contributed by atoms with E-state index in [2.05, 4.69) is 10.3 Å². The fraction of sp³-hybridized carbons (Fsp3) is 0.667. The first kappa shape index (κ1) is 18.7. The molecule has 1 aliphatic carbocycles. The molecule has 0 radical (unpaired) electrons. The topological polar surface area (TPSA) is 69.7 Å². The van der Waals surface area contributed by atoms with Gasteiger partial charge in [0.05, 0.1) is 18.0 Å². The molecule has 1 saturated carbocycles. The second-order valence-electron chi connectivity index (χ2n) is 6.19. The molecule has 1 N–H and O–H groups in total. The number of methoxy groups -OCH3 is 2. The summed E-state index contributed by atoms with van der Waals surface area (Å²) < 4.78 is 16.1. The molecule has 1 fully saturated rings. The van der Waals surface area contributed by atoms with E-state index in [0.29, 0.717) is 24.8 Å². The minimum absolute atomic E-state index is 0.0788.